The van der Waals surface area contributed by atoms with Gasteiger partial charge in [0.2, 0.25) is 0 Å². The van der Waals surface area contributed by atoms with Gasteiger partial charge in [0, 0.05) is 18.4 Å². The summed E-state index contributed by atoms with van der Waals surface area (Å²) < 4.78 is 0. The quantitative estimate of drug-likeness (QED) is 0.730. The normalized spacial score (nSPS) is 24.7. The molecule has 0 radical (unpaired) electrons. The van der Waals surface area contributed by atoms with Crippen LogP contribution < -0.4 is 0 Å². The number of carbonyl (C=O) groups excluding carboxylic acids is 2. The van der Waals surface area contributed by atoms with Crippen molar-refractivity contribution in [2.24, 2.45) is 0 Å². The second kappa shape index (κ2) is 4.44. The minimum absolute atomic E-state index is 0.0371. The summed E-state index contributed by atoms with van der Waals surface area (Å²) in [6.07, 6.45) is 3.38. The van der Waals surface area contributed by atoms with E-state index in [0.29, 0.717) is 12.2 Å². The van der Waals surface area contributed by atoms with E-state index in [1.165, 1.54) is 5.56 Å². The van der Waals surface area contributed by atoms with E-state index < -0.39 is 0 Å². The van der Waals surface area contributed by atoms with Crippen LogP contribution in [-0.4, -0.2) is 11.6 Å². The predicted octanol–water partition coefficient (Wildman–Crippen LogP) is 3.29. The van der Waals surface area contributed by atoms with Gasteiger partial charge in [0.15, 0.2) is 5.78 Å². The Morgan fingerprint density at radius 1 is 1.24 bits per heavy atom. The van der Waals surface area contributed by atoms with E-state index in [4.69, 9.17) is 0 Å². The van der Waals surface area contributed by atoms with Crippen LogP contribution in [0.2, 0.25) is 0 Å². The molecular weight excluding hydrogens is 212 g/mol. The van der Waals surface area contributed by atoms with Gasteiger partial charge < -0.3 is 0 Å². The summed E-state index contributed by atoms with van der Waals surface area (Å²) in [7, 11) is 0. The molecule has 1 aromatic rings. The first-order valence-electron chi connectivity index (χ1n) is 6.14. The molecule has 1 aliphatic rings. The molecule has 0 bridgehead atoms. The average molecular weight is 230 g/mol. The van der Waals surface area contributed by atoms with Crippen LogP contribution >= 0.6 is 0 Å². The maximum Gasteiger partial charge on any atom is 0.159 e. The summed E-state index contributed by atoms with van der Waals surface area (Å²) in [5, 5.41) is 0. The number of Topliss-reactive ketones (excluding diaryl/α,β-unsaturated/α-hetero) is 2. The second-order valence-electron chi connectivity index (χ2n) is 5.26. The largest absolute Gasteiger partial charge is 0.300 e. The van der Waals surface area contributed by atoms with Crippen molar-refractivity contribution in [1.29, 1.82) is 0 Å². The van der Waals surface area contributed by atoms with Gasteiger partial charge in [-0.05, 0) is 30.7 Å². The smallest absolute Gasteiger partial charge is 0.159 e. The first kappa shape index (κ1) is 12.0. The van der Waals surface area contributed by atoms with E-state index in [9.17, 15) is 9.59 Å². The molecule has 0 amide bonds. The fourth-order valence-corrected chi connectivity index (χ4v) is 2.64. The van der Waals surface area contributed by atoms with Gasteiger partial charge in [-0.2, -0.15) is 0 Å². The van der Waals surface area contributed by atoms with Crippen molar-refractivity contribution in [1.82, 2.24) is 0 Å². The molecule has 1 atom stereocenters. The monoisotopic (exact) mass is 230 g/mol. The van der Waals surface area contributed by atoms with Gasteiger partial charge in [-0.15, -0.1) is 0 Å². The summed E-state index contributed by atoms with van der Waals surface area (Å²) in [5.41, 5.74) is 1.88. The first-order valence-corrected chi connectivity index (χ1v) is 6.14. The highest BCUT2D eigenvalue weighted by Gasteiger charge is 2.32. The molecule has 0 spiro atoms. The Labute approximate surface area is 102 Å². The molecule has 0 aromatic heterocycles. The lowest BCUT2D eigenvalue weighted by molar-refractivity contribution is -0.121. The van der Waals surface area contributed by atoms with Crippen molar-refractivity contribution in [3.05, 3.63) is 35.4 Å². The Kier molecular flexibility index (Phi) is 3.14. The van der Waals surface area contributed by atoms with Crippen molar-refractivity contribution in [3.63, 3.8) is 0 Å². The van der Waals surface area contributed by atoms with Crippen molar-refractivity contribution in [2.45, 2.75) is 44.9 Å². The van der Waals surface area contributed by atoms with E-state index in [1.54, 1.807) is 6.92 Å². The van der Waals surface area contributed by atoms with Crippen molar-refractivity contribution < 1.29 is 9.59 Å². The molecule has 1 aliphatic carbocycles. The van der Waals surface area contributed by atoms with Crippen LogP contribution in [0.5, 0.6) is 0 Å². The molecule has 17 heavy (non-hydrogen) atoms. The lowest BCUT2D eigenvalue weighted by Crippen LogP contribution is -2.29. The summed E-state index contributed by atoms with van der Waals surface area (Å²) in [5.74, 6) is 0.441. The van der Waals surface area contributed by atoms with Gasteiger partial charge in [-0.1, -0.05) is 31.2 Å². The van der Waals surface area contributed by atoms with Crippen LogP contribution in [0, 0.1) is 0 Å². The second-order valence-corrected chi connectivity index (χ2v) is 5.26. The van der Waals surface area contributed by atoms with Gasteiger partial charge in [0.1, 0.15) is 5.78 Å². The van der Waals surface area contributed by atoms with E-state index in [0.717, 1.165) is 24.8 Å². The minimum atomic E-state index is -0.0371. The third kappa shape index (κ3) is 2.46. The third-order valence-corrected chi connectivity index (χ3v) is 3.76. The molecule has 2 rings (SSSR count). The Bertz CT molecular complexity index is 444. The summed E-state index contributed by atoms with van der Waals surface area (Å²) >= 11 is 0. The summed E-state index contributed by atoms with van der Waals surface area (Å²) in [6.45, 7) is 3.72. The number of ketones is 2. The van der Waals surface area contributed by atoms with Gasteiger partial charge >= 0.3 is 0 Å². The van der Waals surface area contributed by atoms with E-state index in [2.05, 4.69) is 6.92 Å². The van der Waals surface area contributed by atoms with Gasteiger partial charge in [-0.3, -0.25) is 9.59 Å². The molecular formula is C15H18O2. The molecule has 0 heterocycles. The predicted molar refractivity (Wildman–Crippen MR) is 67.3 cm³/mol. The molecule has 0 N–H and O–H groups in total. The minimum Gasteiger partial charge on any atom is -0.300 e. The average Bonchev–Trinajstić information content (AvgIpc) is 2.29. The third-order valence-electron chi connectivity index (χ3n) is 3.76. The van der Waals surface area contributed by atoms with Gasteiger partial charge in [0.25, 0.3) is 0 Å². The molecule has 0 saturated heterocycles. The van der Waals surface area contributed by atoms with Gasteiger partial charge in [0.05, 0.1) is 0 Å². The van der Waals surface area contributed by atoms with E-state index in [-0.39, 0.29) is 11.2 Å². The Morgan fingerprint density at radius 2 is 1.88 bits per heavy atom. The zero-order chi connectivity index (χ0) is 12.5. The van der Waals surface area contributed by atoms with E-state index >= 15 is 0 Å². The van der Waals surface area contributed by atoms with Crippen LogP contribution in [0.1, 0.15) is 55.5 Å². The highest BCUT2D eigenvalue weighted by molar-refractivity contribution is 5.94. The standard InChI is InChI=1S/C15H18O2/c1-11(16)12-5-7-13(8-6-12)15(2)9-3-4-14(17)10-15/h5-8H,3-4,9-10H2,1-2H3/t15-/m0/s1. The number of benzene rings is 1. The number of hydrogen-bond acceptors (Lipinski definition) is 2. The summed E-state index contributed by atoms with van der Waals surface area (Å²) in [6, 6.07) is 7.72. The maximum atomic E-state index is 11.6. The van der Waals surface area contributed by atoms with Crippen molar-refractivity contribution >= 4 is 11.6 Å². The van der Waals surface area contributed by atoms with Gasteiger partial charge in [-0.25, -0.2) is 0 Å². The van der Waals surface area contributed by atoms with Crippen LogP contribution in [-0.2, 0) is 10.2 Å². The van der Waals surface area contributed by atoms with Crippen LogP contribution in [0.15, 0.2) is 24.3 Å². The van der Waals surface area contributed by atoms with Crippen LogP contribution in [0.3, 0.4) is 0 Å². The van der Waals surface area contributed by atoms with Crippen molar-refractivity contribution in [3.8, 4) is 0 Å². The highest BCUT2D eigenvalue weighted by Crippen LogP contribution is 2.37. The number of rotatable bonds is 2. The molecule has 2 heteroatoms. The molecule has 1 saturated carbocycles. The molecule has 2 nitrogen and oxygen atoms in total. The lowest BCUT2D eigenvalue weighted by Gasteiger charge is -2.33. The molecule has 0 aliphatic heterocycles. The Morgan fingerprint density at radius 3 is 2.41 bits per heavy atom. The molecule has 1 fully saturated rings. The van der Waals surface area contributed by atoms with E-state index in [1.807, 2.05) is 24.3 Å². The Balaban J connectivity index is 2.26. The molecule has 1 aromatic carbocycles. The Hall–Kier alpha value is -1.44. The van der Waals surface area contributed by atoms with Crippen LogP contribution in [0.4, 0.5) is 0 Å². The maximum absolute atomic E-state index is 11.6. The lowest BCUT2D eigenvalue weighted by atomic mass is 9.70. The highest BCUT2D eigenvalue weighted by atomic mass is 16.1. The number of hydrogen-bond donors (Lipinski definition) is 0. The van der Waals surface area contributed by atoms with Crippen LogP contribution in [0.25, 0.3) is 0 Å². The number of carbonyl (C=O) groups is 2. The molecule has 90 valence electrons. The summed E-state index contributed by atoms with van der Waals surface area (Å²) in [4.78, 5) is 22.8. The first-order chi connectivity index (χ1) is 8.01. The SMILES string of the molecule is CC(=O)c1ccc([C@@]2(C)CCCC(=O)C2)cc1. The topological polar surface area (TPSA) is 34.1 Å². The molecule has 0 unspecified atom stereocenters. The van der Waals surface area contributed by atoms with Crippen molar-refractivity contribution in [2.75, 3.05) is 0 Å². The zero-order valence-corrected chi connectivity index (χ0v) is 10.5. The fraction of sp³-hybridized carbons (Fsp3) is 0.467. The zero-order valence-electron chi connectivity index (χ0n) is 10.5. The fourth-order valence-electron chi connectivity index (χ4n) is 2.64.